The fraction of sp³-hybridized carbons (Fsp3) is 0.278. The summed E-state index contributed by atoms with van der Waals surface area (Å²) in [5.41, 5.74) is 9.34. The molecule has 6 nitrogen and oxygen atoms in total. The Balaban J connectivity index is 2.54. The van der Waals surface area contributed by atoms with E-state index < -0.39 is 0 Å². The molecule has 0 bridgehead atoms. The molecule has 128 valence electrons. The average molecular weight is 330 g/mol. The van der Waals surface area contributed by atoms with Crippen molar-refractivity contribution in [2.45, 2.75) is 0 Å². The number of ether oxygens (including phenoxy) is 1. The number of hydrogen-bond donors (Lipinski definition) is 3. The van der Waals surface area contributed by atoms with E-state index in [2.05, 4.69) is 0 Å². The third-order valence-electron chi connectivity index (χ3n) is 3.82. The van der Waals surface area contributed by atoms with Crippen molar-refractivity contribution in [3.8, 4) is 16.9 Å². The molecule has 2 aromatic rings. The number of nitrogens with two attached hydrogens (primary N) is 1. The van der Waals surface area contributed by atoms with Crippen molar-refractivity contribution in [1.82, 2.24) is 0 Å². The van der Waals surface area contributed by atoms with Crippen molar-refractivity contribution in [2.75, 3.05) is 44.0 Å². The Labute approximate surface area is 141 Å². The van der Waals surface area contributed by atoms with Gasteiger partial charge in [-0.3, -0.25) is 4.79 Å². The van der Waals surface area contributed by atoms with Crippen molar-refractivity contribution in [3.05, 3.63) is 42.0 Å². The molecule has 0 saturated heterocycles. The molecule has 6 heteroatoms. The highest BCUT2D eigenvalue weighted by molar-refractivity contribution is 5.92. The number of nitrogens with zero attached hydrogens (tertiary/aromatic N) is 1. The zero-order valence-corrected chi connectivity index (χ0v) is 13.6. The quantitative estimate of drug-likeness (QED) is 0.502. The summed E-state index contributed by atoms with van der Waals surface area (Å²) in [6.45, 7) is 0.724. The number of rotatable bonds is 8. The largest absolute Gasteiger partial charge is 0.497 e. The van der Waals surface area contributed by atoms with Gasteiger partial charge in [0.1, 0.15) is 5.75 Å². The highest BCUT2D eigenvalue weighted by atomic mass is 16.5. The average Bonchev–Trinajstić information content (AvgIpc) is 2.61. The van der Waals surface area contributed by atoms with E-state index in [1.807, 2.05) is 17.0 Å². The number of carbonyl (C=O) groups excluding carboxylic acids is 1. The van der Waals surface area contributed by atoms with E-state index in [0.717, 1.165) is 12.0 Å². The summed E-state index contributed by atoms with van der Waals surface area (Å²) in [4.78, 5) is 13.2. The van der Waals surface area contributed by atoms with Gasteiger partial charge in [0, 0.05) is 35.6 Å². The first-order chi connectivity index (χ1) is 11.6. The lowest BCUT2D eigenvalue weighted by Gasteiger charge is -2.24. The van der Waals surface area contributed by atoms with Gasteiger partial charge in [0.15, 0.2) is 6.29 Å². The Kier molecular flexibility index (Phi) is 6.17. The highest BCUT2D eigenvalue weighted by Gasteiger charge is 2.13. The summed E-state index contributed by atoms with van der Waals surface area (Å²) in [5, 5.41) is 18.4. The standard InChI is InChI=1S/C18H22N2O4/c1-24-15-4-2-13(12-23)16(11-15)17-10-14(3-5-18(17)19)20(6-8-21)7-9-22/h2-5,10-12,21-22H,6-9,19H2,1H3. The van der Waals surface area contributed by atoms with Gasteiger partial charge in [-0.05, 0) is 42.0 Å². The number of carbonyl (C=O) groups is 1. The number of anilines is 2. The highest BCUT2D eigenvalue weighted by Crippen LogP contribution is 2.34. The first-order valence-electron chi connectivity index (χ1n) is 7.64. The molecule has 0 spiro atoms. The van der Waals surface area contributed by atoms with Gasteiger partial charge in [-0.25, -0.2) is 0 Å². The lowest BCUT2D eigenvalue weighted by molar-refractivity contribution is 0.112. The molecule has 4 N–H and O–H groups in total. The van der Waals surface area contributed by atoms with Crippen LogP contribution in [-0.2, 0) is 0 Å². The molecule has 0 heterocycles. The minimum atomic E-state index is -0.0293. The molecule has 2 rings (SSSR count). The van der Waals surface area contributed by atoms with Crippen LogP contribution in [0.3, 0.4) is 0 Å². The van der Waals surface area contributed by atoms with Gasteiger partial charge in [0.25, 0.3) is 0 Å². The van der Waals surface area contributed by atoms with Gasteiger partial charge in [-0.2, -0.15) is 0 Å². The Morgan fingerprint density at radius 2 is 1.79 bits per heavy atom. The van der Waals surface area contributed by atoms with E-state index in [-0.39, 0.29) is 13.2 Å². The Morgan fingerprint density at radius 1 is 1.08 bits per heavy atom. The summed E-state index contributed by atoms with van der Waals surface area (Å²) in [6.07, 6.45) is 0.778. The smallest absolute Gasteiger partial charge is 0.150 e. The number of aldehydes is 1. The molecular weight excluding hydrogens is 308 g/mol. The van der Waals surface area contributed by atoms with Gasteiger partial charge >= 0.3 is 0 Å². The Morgan fingerprint density at radius 3 is 2.38 bits per heavy atom. The predicted molar refractivity (Wildman–Crippen MR) is 94.6 cm³/mol. The number of hydrogen-bond acceptors (Lipinski definition) is 6. The molecule has 24 heavy (non-hydrogen) atoms. The Bertz CT molecular complexity index is 697. The monoisotopic (exact) mass is 330 g/mol. The SMILES string of the molecule is COc1ccc(C=O)c(-c2cc(N(CCO)CCO)ccc2N)c1. The molecule has 0 aliphatic heterocycles. The second-order valence-corrected chi connectivity index (χ2v) is 5.28. The van der Waals surface area contributed by atoms with E-state index in [0.29, 0.717) is 41.2 Å². The molecule has 0 atom stereocenters. The molecule has 0 aliphatic rings. The number of methoxy groups -OCH3 is 1. The van der Waals surface area contributed by atoms with E-state index in [1.165, 1.54) is 0 Å². The van der Waals surface area contributed by atoms with Crippen LogP contribution >= 0.6 is 0 Å². The number of benzene rings is 2. The second kappa shape index (κ2) is 8.33. The van der Waals surface area contributed by atoms with Gasteiger partial charge in [0.05, 0.1) is 20.3 Å². The van der Waals surface area contributed by atoms with Crippen LogP contribution < -0.4 is 15.4 Å². The number of aliphatic hydroxyl groups excluding tert-OH is 2. The maximum atomic E-state index is 11.4. The van der Waals surface area contributed by atoms with Crippen LogP contribution in [0.1, 0.15) is 10.4 Å². The molecule has 0 fully saturated rings. The first kappa shape index (κ1) is 17.8. The zero-order chi connectivity index (χ0) is 17.5. The molecule has 0 radical (unpaired) electrons. The van der Waals surface area contributed by atoms with E-state index in [9.17, 15) is 15.0 Å². The third-order valence-corrected chi connectivity index (χ3v) is 3.82. The lowest BCUT2D eigenvalue weighted by atomic mass is 9.97. The summed E-state index contributed by atoms with van der Waals surface area (Å²) in [7, 11) is 1.56. The summed E-state index contributed by atoms with van der Waals surface area (Å²) < 4.78 is 5.24. The summed E-state index contributed by atoms with van der Waals surface area (Å²) in [6, 6.07) is 10.6. The zero-order valence-electron chi connectivity index (χ0n) is 13.6. The maximum absolute atomic E-state index is 11.4. The molecular formula is C18H22N2O4. The number of nitrogen functional groups attached to an aromatic ring is 1. The number of aliphatic hydroxyl groups is 2. The molecule has 0 unspecified atom stereocenters. The Hall–Kier alpha value is -2.57. The van der Waals surface area contributed by atoms with Crippen LogP contribution in [0.15, 0.2) is 36.4 Å². The fourth-order valence-electron chi connectivity index (χ4n) is 2.58. The van der Waals surface area contributed by atoms with Crippen LogP contribution in [-0.4, -0.2) is 49.9 Å². The topological polar surface area (TPSA) is 96.0 Å². The van der Waals surface area contributed by atoms with Crippen LogP contribution in [0.4, 0.5) is 11.4 Å². The van der Waals surface area contributed by atoms with Crippen molar-refractivity contribution >= 4 is 17.7 Å². The fourth-order valence-corrected chi connectivity index (χ4v) is 2.58. The van der Waals surface area contributed by atoms with Gasteiger partial charge in [-0.1, -0.05) is 0 Å². The van der Waals surface area contributed by atoms with Crippen molar-refractivity contribution < 1.29 is 19.7 Å². The molecule has 0 aromatic heterocycles. The molecule has 0 amide bonds. The second-order valence-electron chi connectivity index (χ2n) is 5.28. The first-order valence-corrected chi connectivity index (χ1v) is 7.64. The van der Waals surface area contributed by atoms with E-state index in [1.54, 1.807) is 31.4 Å². The van der Waals surface area contributed by atoms with Crippen LogP contribution in [0.2, 0.25) is 0 Å². The van der Waals surface area contributed by atoms with Crippen LogP contribution in [0.5, 0.6) is 5.75 Å². The van der Waals surface area contributed by atoms with E-state index >= 15 is 0 Å². The van der Waals surface area contributed by atoms with Crippen molar-refractivity contribution in [2.24, 2.45) is 0 Å². The summed E-state index contributed by atoms with van der Waals surface area (Å²) >= 11 is 0. The minimum absolute atomic E-state index is 0.0293. The minimum Gasteiger partial charge on any atom is -0.497 e. The molecule has 2 aromatic carbocycles. The summed E-state index contributed by atoms with van der Waals surface area (Å²) in [5.74, 6) is 0.628. The maximum Gasteiger partial charge on any atom is 0.150 e. The van der Waals surface area contributed by atoms with Crippen LogP contribution in [0.25, 0.3) is 11.1 Å². The van der Waals surface area contributed by atoms with Gasteiger partial charge in [-0.15, -0.1) is 0 Å². The van der Waals surface area contributed by atoms with Crippen LogP contribution in [0, 0.1) is 0 Å². The molecule has 0 saturated carbocycles. The third kappa shape index (κ3) is 3.84. The molecule has 0 aliphatic carbocycles. The van der Waals surface area contributed by atoms with Crippen molar-refractivity contribution in [1.29, 1.82) is 0 Å². The predicted octanol–water partition coefficient (Wildman–Crippen LogP) is 1.55. The lowest BCUT2D eigenvalue weighted by Crippen LogP contribution is -2.29. The normalized spacial score (nSPS) is 10.5. The van der Waals surface area contributed by atoms with Gasteiger partial charge in [0.2, 0.25) is 0 Å². The van der Waals surface area contributed by atoms with Gasteiger partial charge < -0.3 is 25.6 Å². The van der Waals surface area contributed by atoms with E-state index in [4.69, 9.17) is 10.5 Å². The van der Waals surface area contributed by atoms with Crippen molar-refractivity contribution in [3.63, 3.8) is 0 Å².